The van der Waals surface area contributed by atoms with Gasteiger partial charge in [0.05, 0.1) is 31.3 Å². The summed E-state index contributed by atoms with van der Waals surface area (Å²) in [7, 11) is 2.94. The fourth-order valence-corrected chi connectivity index (χ4v) is 4.40. The number of carbonyl (C=O) groups is 2. The average Bonchev–Trinajstić information content (AvgIpc) is 3.45. The van der Waals surface area contributed by atoms with Crippen LogP contribution in [0.2, 0.25) is 0 Å². The van der Waals surface area contributed by atoms with Gasteiger partial charge in [-0.05, 0) is 30.3 Å². The monoisotopic (exact) mass is 569 g/mol. The Morgan fingerprint density at radius 1 is 1.05 bits per heavy atom. The van der Waals surface area contributed by atoms with E-state index in [1.807, 2.05) is 0 Å². The molecule has 0 unspecified atom stereocenters. The van der Waals surface area contributed by atoms with Crippen LogP contribution in [0.25, 0.3) is 11.0 Å². The van der Waals surface area contributed by atoms with E-state index in [9.17, 15) is 22.8 Å². The summed E-state index contributed by atoms with van der Waals surface area (Å²) in [6, 6.07) is 8.94. The number of morpholine rings is 1. The molecule has 11 nitrogen and oxygen atoms in total. The van der Waals surface area contributed by atoms with Crippen molar-refractivity contribution in [1.29, 1.82) is 0 Å². The molecular weight excluding hydrogens is 543 g/mol. The van der Waals surface area contributed by atoms with Crippen LogP contribution in [0.15, 0.2) is 55.0 Å². The third-order valence-corrected chi connectivity index (χ3v) is 6.49. The number of nitrogens with one attached hydrogen (secondary N) is 3. The van der Waals surface area contributed by atoms with E-state index in [0.717, 1.165) is 12.1 Å². The minimum Gasteiger partial charge on any atom is -0.497 e. The molecule has 14 heteroatoms. The predicted octanol–water partition coefficient (Wildman–Crippen LogP) is 4.74. The Morgan fingerprint density at radius 3 is 2.49 bits per heavy atom. The lowest BCUT2D eigenvalue weighted by Gasteiger charge is -2.29. The molecular formula is C27H26F3N7O4. The summed E-state index contributed by atoms with van der Waals surface area (Å²) in [5.41, 5.74) is 0.202. The van der Waals surface area contributed by atoms with Gasteiger partial charge in [0.2, 0.25) is 0 Å². The summed E-state index contributed by atoms with van der Waals surface area (Å²) in [5.74, 6) is -0.0938. The Morgan fingerprint density at radius 2 is 1.78 bits per heavy atom. The molecule has 1 aliphatic rings. The van der Waals surface area contributed by atoms with Gasteiger partial charge in [-0.15, -0.1) is 0 Å². The van der Waals surface area contributed by atoms with Crippen molar-refractivity contribution in [1.82, 2.24) is 15.0 Å². The van der Waals surface area contributed by atoms with Crippen LogP contribution >= 0.6 is 0 Å². The quantitative estimate of drug-likeness (QED) is 0.306. The molecule has 2 aromatic carbocycles. The molecule has 0 spiro atoms. The molecule has 5 rings (SSSR count). The number of anilines is 4. The first-order chi connectivity index (χ1) is 19.6. The van der Waals surface area contributed by atoms with Crippen LogP contribution in [0.4, 0.5) is 40.8 Å². The van der Waals surface area contributed by atoms with Crippen LogP contribution in [0.5, 0.6) is 5.75 Å². The molecule has 3 amide bonds. The van der Waals surface area contributed by atoms with E-state index in [2.05, 4.69) is 25.6 Å². The molecule has 3 N–H and O–H groups in total. The van der Waals surface area contributed by atoms with Gasteiger partial charge in [-0.2, -0.15) is 13.2 Å². The number of aromatic nitrogens is 3. The summed E-state index contributed by atoms with van der Waals surface area (Å²) in [6.07, 6.45) is -1.64. The Hall–Kier alpha value is -4.85. The van der Waals surface area contributed by atoms with E-state index in [-0.39, 0.29) is 22.6 Å². The molecule has 1 aliphatic heterocycles. The maximum Gasteiger partial charge on any atom is 0.416 e. The van der Waals surface area contributed by atoms with Crippen LogP contribution in [0, 0.1) is 0 Å². The van der Waals surface area contributed by atoms with Crippen LogP contribution in [-0.4, -0.2) is 67.4 Å². The highest BCUT2D eigenvalue weighted by Gasteiger charge is 2.32. The number of hydrogen-bond donors (Lipinski definition) is 3. The van der Waals surface area contributed by atoms with E-state index in [1.54, 1.807) is 17.2 Å². The number of alkyl halides is 3. The third kappa shape index (κ3) is 6.17. The van der Waals surface area contributed by atoms with E-state index in [4.69, 9.17) is 9.47 Å². The molecule has 3 heterocycles. The van der Waals surface area contributed by atoms with Gasteiger partial charge in [-0.25, -0.2) is 14.8 Å². The number of nitrogens with zero attached hydrogens (tertiary/aromatic N) is 4. The first-order valence-electron chi connectivity index (χ1n) is 12.5. The molecule has 0 atom stereocenters. The molecule has 0 aliphatic carbocycles. The molecule has 0 bridgehead atoms. The number of halogens is 3. The number of hydrogen-bond acceptors (Lipinski definition) is 7. The van der Waals surface area contributed by atoms with E-state index in [1.165, 1.54) is 49.7 Å². The predicted molar refractivity (Wildman–Crippen MR) is 147 cm³/mol. The highest BCUT2D eigenvalue weighted by molar-refractivity contribution is 6.07. The van der Waals surface area contributed by atoms with Gasteiger partial charge in [0.15, 0.2) is 0 Å². The zero-order valence-corrected chi connectivity index (χ0v) is 22.1. The maximum absolute atomic E-state index is 13.7. The number of H-pyrrole nitrogens is 1. The molecule has 41 heavy (non-hydrogen) atoms. The smallest absolute Gasteiger partial charge is 0.416 e. The van der Waals surface area contributed by atoms with Crippen molar-refractivity contribution in [3.8, 4) is 5.75 Å². The topological polar surface area (TPSA) is 125 Å². The van der Waals surface area contributed by atoms with Crippen molar-refractivity contribution in [3.63, 3.8) is 0 Å². The molecule has 2 aromatic heterocycles. The van der Waals surface area contributed by atoms with Gasteiger partial charge in [-0.1, -0.05) is 0 Å². The first kappa shape index (κ1) is 27.7. The summed E-state index contributed by atoms with van der Waals surface area (Å²) in [5, 5.41) is 5.98. The molecule has 0 radical (unpaired) electrons. The Balaban J connectivity index is 1.38. The van der Waals surface area contributed by atoms with Gasteiger partial charge in [0.25, 0.3) is 5.91 Å². The second-order valence-corrected chi connectivity index (χ2v) is 9.20. The van der Waals surface area contributed by atoms with Gasteiger partial charge in [0.1, 0.15) is 23.5 Å². The van der Waals surface area contributed by atoms with Gasteiger partial charge in [-0.3, -0.25) is 9.69 Å². The van der Waals surface area contributed by atoms with Crippen molar-refractivity contribution in [3.05, 3.63) is 66.1 Å². The second-order valence-electron chi connectivity index (χ2n) is 9.20. The maximum atomic E-state index is 13.7. The van der Waals surface area contributed by atoms with Gasteiger partial charge < -0.3 is 30.0 Å². The lowest BCUT2D eigenvalue weighted by molar-refractivity contribution is -0.137. The third-order valence-electron chi connectivity index (χ3n) is 6.49. The van der Waals surface area contributed by atoms with Crippen molar-refractivity contribution in [2.45, 2.75) is 6.18 Å². The van der Waals surface area contributed by atoms with Crippen LogP contribution < -0.4 is 25.2 Å². The highest BCUT2D eigenvalue weighted by Crippen LogP contribution is 2.34. The molecule has 4 aromatic rings. The van der Waals surface area contributed by atoms with Crippen molar-refractivity contribution < 1.29 is 32.2 Å². The van der Waals surface area contributed by atoms with E-state index < -0.39 is 23.7 Å². The summed E-state index contributed by atoms with van der Waals surface area (Å²) >= 11 is 0. The number of urea groups is 1. The minimum absolute atomic E-state index is 0.172. The fraction of sp³-hybridized carbons (Fsp3) is 0.259. The Labute approximate surface area is 232 Å². The number of carbonyl (C=O) groups excluding carboxylic acids is 2. The number of fused-ring (bicyclic) bond motifs is 1. The number of amides is 3. The first-order valence-corrected chi connectivity index (χ1v) is 12.5. The van der Waals surface area contributed by atoms with Crippen molar-refractivity contribution in [2.75, 3.05) is 60.9 Å². The lowest BCUT2D eigenvalue weighted by Crippen LogP contribution is -2.36. The SMILES string of the molecule is COc1cc(NC(=O)c2cc(N3CCOCC3)cc(C(F)(F)F)c2)cc(NC(=O)N(C)c2ncnc3[nH]ccc23)c1. The van der Waals surface area contributed by atoms with Crippen LogP contribution in [-0.2, 0) is 10.9 Å². The summed E-state index contributed by atoms with van der Waals surface area (Å²) in [6.45, 7) is 1.55. The van der Waals surface area contributed by atoms with Gasteiger partial charge in [0, 0.05) is 61.1 Å². The van der Waals surface area contributed by atoms with Crippen molar-refractivity contribution in [2.24, 2.45) is 0 Å². The lowest BCUT2D eigenvalue weighted by atomic mass is 10.1. The van der Waals surface area contributed by atoms with Crippen LogP contribution in [0.1, 0.15) is 15.9 Å². The normalized spacial score (nSPS) is 13.6. The van der Waals surface area contributed by atoms with Gasteiger partial charge >= 0.3 is 12.2 Å². The number of ether oxygens (including phenoxy) is 2. The number of benzene rings is 2. The Kier molecular flexibility index (Phi) is 7.66. The fourth-order valence-electron chi connectivity index (χ4n) is 4.40. The highest BCUT2D eigenvalue weighted by atomic mass is 19.4. The largest absolute Gasteiger partial charge is 0.497 e. The summed E-state index contributed by atoms with van der Waals surface area (Å²) < 4.78 is 51.7. The number of methoxy groups -OCH3 is 1. The summed E-state index contributed by atoms with van der Waals surface area (Å²) in [4.78, 5) is 40.5. The zero-order chi connectivity index (χ0) is 29.1. The molecule has 1 fully saturated rings. The minimum atomic E-state index is -4.65. The average molecular weight is 570 g/mol. The number of aromatic amines is 1. The molecule has 0 saturated carbocycles. The molecule has 214 valence electrons. The molecule has 1 saturated heterocycles. The Bertz CT molecular complexity index is 1580. The number of rotatable bonds is 6. The van der Waals surface area contributed by atoms with E-state index >= 15 is 0 Å². The van der Waals surface area contributed by atoms with E-state index in [0.29, 0.717) is 48.9 Å². The standard InChI is InChI=1S/C27H26F3N7O4/c1-36(24-22-3-4-31-23(22)32-15-33-24)26(39)35-19-12-18(13-21(14-19)40-2)34-25(38)16-9-17(27(28,29)30)11-20(10-16)37-5-7-41-8-6-37/h3-4,9-15H,5-8H2,1-2H3,(H,34,38)(H,35,39)(H,31,32,33). The van der Waals surface area contributed by atoms with Crippen molar-refractivity contribution >= 4 is 45.9 Å². The zero-order valence-electron chi connectivity index (χ0n) is 22.1. The second kappa shape index (κ2) is 11.3. The van der Waals surface area contributed by atoms with Crippen LogP contribution in [0.3, 0.4) is 0 Å².